The standard InChI is InChI=1S/C19H25NO6/c1-13(21)14-5-3-6-16(9-14)26-8-4-7-18(22)20-12-17(25-2)10-15(20)11-19(23)24/h3,5-6,9,15,17H,4,7-8,10-12H2,1-2H3,(H,23,24). The van der Waals surface area contributed by atoms with E-state index in [2.05, 4.69) is 0 Å². The van der Waals surface area contributed by atoms with Gasteiger partial charge in [0, 0.05) is 31.7 Å². The number of nitrogens with zero attached hydrogens (tertiary/aromatic N) is 1. The van der Waals surface area contributed by atoms with Gasteiger partial charge in [-0.2, -0.15) is 0 Å². The molecule has 0 radical (unpaired) electrons. The second kappa shape index (κ2) is 9.33. The number of likely N-dealkylation sites (tertiary alicyclic amines) is 1. The average Bonchev–Trinajstić information content (AvgIpc) is 3.01. The number of Topliss-reactive ketones (excluding diaryl/α,β-unsaturated/α-hetero) is 1. The Balaban J connectivity index is 1.81. The third-order valence-corrected chi connectivity index (χ3v) is 4.48. The lowest BCUT2D eigenvalue weighted by molar-refractivity contribution is -0.140. The molecule has 7 nitrogen and oxygen atoms in total. The fraction of sp³-hybridized carbons (Fsp3) is 0.526. The number of methoxy groups -OCH3 is 1. The molecule has 26 heavy (non-hydrogen) atoms. The molecule has 7 heteroatoms. The van der Waals surface area contributed by atoms with Crippen LogP contribution in [0.15, 0.2) is 24.3 Å². The summed E-state index contributed by atoms with van der Waals surface area (Å²) in [6.07, 6.45) is 1.15. The molecular formula is C19H25NO6. The lowest BCUT2D eigenvalue weighted by Crippen LogP contribution is -2.37. The maximum Gasteiger partial charge on any atom is 0.305 e. The molecule has 1 aromatic rings. The number of ketones is 1. The Morgan fingerprint density at radius 2 is 2.08 bits per heavy atom. The van der Waals surface area contributed by atoms with Gasteiger partial charge in [-0.1, -0.05) is 12.1 Å². The van der Waals surface area contributed by atoms with Crippen LogP contribution in [-0.2, 0) is 14.3 Å². The average molecular weight is 363 g/mol. The Bertz CT molecular complexity index is 659. The molecule has 0 aromatic heterocycles. The lowest BCUT2D eigenvalue weighted by Gasteiger charge is -2.23. The van der Waals surface area contributed by atoms with E-state index in [1.165, 1.54) is 6.92 Å². The first-order valence-corrected chi connectivity index (χ1v) is 8.68. The van der Waals surface area contributed by atoms with Crippen molar-refractivity contribution >= 4 is 17.7 Å². The van der Waals surface area contributed by atoms with Crippen molar-refractivity contribution in [1.82, 2.24) is 4.90 Å². The van der Waals surface area contributed by atoms with Gasteiger partial charge in [0.2, 0.25) is 5.91 Å². The molecule has 2 atom stereocenters. The summed E-state index contributed by atoms with van der Waals surface area (Å²) in [5, 5.41) is 9.01. The van der Waals surface area contributed by atoms with Gasteiger partial charge in [0.15, 0.2) is 5.78 Å². The van der Waals surface area contributed by atoms with E-state index in [1.54, 1.807) is 36.3 Å². The molecule has 2 unspecified atom stereocenters. The highest BCUT2D eigenvalue weighted by atomic mass is 16.5. The van der Waals surface area contributed by atoms with Gasteiger partial charge in [-0.25, -0.2) is 0 Å². The van der Waals surface area contributed by atoms with Gasteiger partial charge in [0.05, 0.1) is 19.1 Å². The Hall–Kier alpha value is -2.41. The first kappa shape index (κ1) is 19.9. The molecule has 1 heterocycles. The van der Waals surface area contributed by atoms with Gasteiger partial charge >= 0.3 is 5.97 Å². The largest absolute Gasteiger partial charge is 0.494 e. The first-order chi connectivity index (χ1) is 12.4. The molecule has 142 valence electrons. The SMILES string of the molecule is COC1CC(CC(=O)O)N(C(=O)CCCOc2cccc(C(C)=O)c2)C1. The van der Waals surface area contributed by atoms with Crippen LogP contribution < -0.4 is 4.74 Å². The van der Waals surface area contributed by atoms with E-state index in [-0.39, 0.29) is 36.7 Å². The van der Waals surface area contributed by atoms with Crippen LogP contribution in [0.1, 0.15) is 43.0 Å². The molecule has 1 fully saturated rings. The fourth-order valence-electron chi connectivity index (χ4n) is 3.11. The highest BCUT2D eigenvalue weighted by Crippen LogP contribution is 2.24. The van der Waals surface area contributed by atoms with E-state index in [0.29, 0.717) is 37.3 Å². The predicted octanol–water partition coefficient (Wildman–Crippen LogP) is 2.14. The number of hydrogen-bond acceptors (Lipinski definition) is 5. The van der Waals surface area contributed by atoms with Crippen LogP contribution in [0.4, 0.5) is 0 Å². The maximum atomic E-state index is 12.4. The highest BCUT2D eigenvalue weighted by Gasteiger charge is 2.36. The molecule has 1 saturated heterocycles. The Morgan fingerprint density at radius 1 is 1.31 bits per heavy atom. The summed E-state index contributed by atoms with van der Waals surface area (Å²) in [6, 6.07) is 6.60. The zero-order valence-corrected chi connectivity index (χ0v) is 15.1. The third-order valence-electron chi connectivity index (χ3n) is 4.48. The smallest absolute Gasteiger partial charge is 0.305 e. The molecule has 1 N–H and O–H groups in total. The van der Waals surface area contributed by atoms with Crippen LogP contribution >= 0.6 is 0 Å². The zero-order chi connectivity index (χ0) is 19.1. The Kier molecular flexibility index (Phi) is 7.15. The molecule has 2 rings (SSSR count). The van der Waals surface area contributed by atoms with E-state index in [0.717, 1.165) is 0 Å². The van der Waals surface area contributed by atoms with Crippen LogP contribution in [0.25, 0.3) is 0 Å². The molecule has 0 aliphatic carbocycles. The molecule has 1 aliphatic heterocycles. The molecule has 1 aromatic carbocycles. The Morgan fingerprint density at radius 3 is 2.73 bits per heavy atom. The van der Waals surface area contributed by atoms with E-state index in [9.17, 15) is 14.4 Å². The van der Waals surface area contributed by atoms with Crippen molar-refractivity contribution in [1.29, 1.82) is 0 Å². The quantitative estimate of drug-likeness (QED) is 0.534. The predicted molar refractivity (Wildman–Crippen MR) is 94.3 cm³/mol. The number of rotatable bonds is 9. The monoisotopic (exact) mass is 363 g/mol. The summed E-state index contributed by atoms with van der Waals surface area (Å²) < 4.78 is 10.9. The van der Waals surface area contributed by atoms with Crippen LogP contribution in [0, 0.1) is 0 Å². The van der Waals surface area contributed by atoms with Gasteiger partial charge in [0.1, 0.15) is 5.75 Å². The Labute approximate surface area is 152 Å². The summed E-state index contributed by atoms with van der Waals surface area (Å²) in [5.74, 6) is -0.443. The fourth-order valence-corrected chi connectivity index (χ4v) is 3.11. The van der Waals surface area contributed by atoms with Crippen molar-refractivity contribution in [3.63, 3.8) is 0 Å². The number of hydrogen-bond donors (Lipinski definition) is 1. The normalized spacial score (nSPS) is 19.4. The molecule has 0 bridgehead atoms. The van der Waals surface area contributed by atoms with Crippen LogP contribution in [0.5, 0.6) is 5.75 Å². The highest BCUT2D eigenvalue weighted by molar-refractivity contribution is 5.94. The zero-order valence-electron chi connectivity index (χ0n) is 15.1. The number of ether oxygens (including phenoxy) is 2. The van der Waals surface area contributed by atoms with Gasteiger partial charge in [-0.05, 0) is 31.9 Å². The molecule has 0 spiro atoms. The van der Waals surface area contributed by atoms with E-state index in [4.69, 9.17) is 14.6 Å². The van der Waals surface area contributed by atoms with Crippen molar-refractivity contribution in [3.05, 3.63) is 29.8 Å². The van der Waals surface area contributed by atoms with Gasteiger partial charge in [-0.3, -0.25) is 14.4 Å². The van der Waals surface area contributed by atoms with Gasteiger partial charge in [0.25, 0.3) is 0 Å². The van der Waals surface area contributed by atoms with E-state index >= 15 is 0 Å². The number of carbonyl (C=O) groups excluding carboxylic acids is 2. The van der Waals surface area contributed by atoms with Crippen molar-refractivity contribution in [2.24, 2.45) is 0 Å². The topological polar surface area (TPSA) is 93.1 Å². The van der Waals surface area contributed by atoms with E-state index in [1.807, 2.05) is 0 Å². The summed E-state index contributed by atoms with van der Waals surface area (Å²) >= 11 is 0. The third kappa shape index (κ3) is 5.56. The summed E-state index contributed by atoms with van der Waals surface area (Å²) in [4.78, 5) is 36.4. The van der Waals surface area contributed by atoms with Crippen molar-refractivity contribution in [2.75, 3.05) is 20.3 Å². The van der Waals surface area contributed by atoms with Crippen LogP contribution in [-0.4, -0.2) is 60.1 Å². The van der Waals surface area contributed by atoms with Gasteiger partial charge < -0.3 is 19.5 Å². The summed E-state index contributed by atoms with van der Waals surface area (Å²) in [7, 11) is 1.57. The molecule has 1 amide bonds. The first-order valence-electron chi connectivity index (χ1n) is 8.68. The van der Waals surface area contributed by atoms with Crippen molar-refractivity contribution in [3.8, 4) is 5.75 Å². The van der Waals surface area contributed by atoms with Crippen molar-refractivity contribution in [2.45, 2.75) is 44.8 Å². The number of aliphatic carboxylic acids is 1. The van der Waals surface area contributed by atoms with Crippen molar-refractivity contribution < 1.29 is 29.0 Å². The van der Waals surface area contributed by atoms with E-state index < -0.39 is 5.97 Å². The molecular weight excluding hydrogens is 338 g/mol. The number of carbonyl (C=O) groups is 3. The minimum atomic E-state index is -0.918. The number of carboxylic acids is 1. The van der Waals surface area contributed by atoms with Gasteiger partial charge in [-0.15, -0.1) is 0 Å². The summed E-state index contributed by atoms with van der Waals surface area (Å²) in [6.45, 7) is 2.27. The lowest BCUT2D eigenvalue weighted by atomic mass is 10.1. The van der Waals surface area contributed by atoms with Crippen LogP contribution in [0.2, 0.25) is 0 Å². The van der Waals surface area contributed by atoms with Crippen LogP contribution in [0.3, 0.4) is 0 Å². The number of benzene rings is 1. The second-order valence-electron chi connectivity index (χ2n) is 6.43. The number of amides is 1. The molecule has 1 aliphatic rings. The maximum absolute atomic E-state index is 12.4. The summed E-state index contributed by atoms with van der Waals surface area (Å²) in [5.41, 5.74) is 0.581. The minimum absolute atomic E-state index is 0.0307. The minimum Gasteiger partial charge on any atom is -0.494 e. The molecule has 0 saturated carbocycles. The second-order valence-corrected chi connectivity index (χ2v) is 6.43. The number of carboxylic acid groups (broad SMARTS) is 1.